The van der Waals surface area contributed by atoms with Crippen LogP contribution in [0, 0.1) is 6.92 Å². The maximum Gasteiger partial charge on any atom is 0.0620 e. The largest absolute Gasteiger partial charge is 0.345 e. The van der Waals surface area contributed by atoms with Crippen LogP contribution < -0.4 is 0 Å². The molecule has 0 fully saturated rings. The molecule has 62 heavy (non-hydrogen) atoms. The minimum atomic E-state index is 0.890. The van der Waals surface area contributed by atoms with Crippen LogP contribution in [0.15, 0.2) is 182 Å². The van der Waals surface area contributed by atoms with E-state index in [0.29, 0.717) is 0 Å². The highest BCUT2D eigenvalue weighted by molar-refractivity contribution is 6.22. The summed E-state index contributed by atoms with van der Waals surface area (Å²) in [4.78, 5) is 0. The van der Waals surface area contributed by atoms with E-state index >= 15 is 0 Å². The van der Waals surface area contributed by atoms with Gasteiger partial charge in [-0.3, -0.25) is 0 Å². The van der Waals surface area contributed by atoms with E-state index in [0.717, 1.165) is 50.8 Å². The van der Waals surface area contributed by atoms with Crippen LogP contribution in [-0.2, 0) is 6.54 Å². The van der Waals surface area contributed by atoms with Crippen LogP contribution in [0.3, 0.4) is 0 Å². The Morgan fingerprint density at radius 3 is 1.97 bits per heavy atom. The second-order valence-electron chi connectivity index (χ2n) is 16.7. The highest BCUT2D eigenvalue weighted by Gasteiger charge is 2.33. The number of rotatable bonds is 9. The van der Waals surface area contributed by atoms with Gasteiger partial charge in [-0.15, -0.1) is 0 Å². The van der Waals surface area contributed by atoms with Crippen LogP contribution in [0.5, 0.6) is 0 Å². The molecule has 2 nitrogen and oxygen atoms in total. The van der Waals surface area contributed by atoms with Crippen molar-refractivity contribution in [3.8, 4) is 39.3 Å². The van der Waals surface area contributed by atoms with Gasteiger partial charge in [-0.1, -0.05) is 170 Å². The first-order chi connectivity index (χ1) is 30.7. The van der Waals surface area contributed by atoms with Crippen molar-refractivity contribution in [2.45, 2.75) is 65.8 Å². The summed E-state index contributed by atoms with van der Waals surface area (Å²) in [5.41, 5.74) is 20.4. The van der Waals surface area contributed by atoms with Crippen LogP contribution >= 0.6 is 0 Å². The van der Waals surface area contributed by atoms with Gasteiger partial charge in [-0.25, -0.2) is 0 Å². The fraction of sp³-hybridized carbons (Fsp3) is 0.167. The van der Waals surface area contributed by atoms with Crippen LogP contribution in [0.4, 0.5) is 0 Å². The highest BCUT2D eigenvalue weighted by Crippen LogP contribution is 2.55. The Morgan fingerprint density at radius 1 is 0.613 bits per heavy atom. The molecule has 5 aromatic carbocycles. The van der Waals surface area contributed by atoms with E-state index in [1.54, 1.807) is 0 Å². The summed E-state index contributed by atoms with van der Waals surface area (Å²) in [5, 5.41) is 3.85. The summed E-state index contributed by atoms with van der Waals surface area (Å²) in [6.45, 7) is 7.57. The van der Waals surface area contributed by atoms with E-state index in [-0.39, 0.29) is 0 Å². The van der Waals surface area contributed by atoms with Gasteiger partial charge < -0.3 is 9.13 Å². The second-order valence-corrected chi connectivity index (χ2v) is 16.7. The molecule has 10 rings (SSSR count). The molecule has 0 saturated heterocycles. The smallest absolute Gasteiger partial charge is 0.0620 e. The Labute approximate surface area is 367 Å². The predicted octanol–water partition coefficient (Wildman–Crippen LogP) is 16.7. The van der Waals surface area contributed by atoms with E-state index in [2.05, 4.69) is 218 Å². The maximum atomic E-state index is 2.63. The molecule has 2 heteroatoms. The third-order valence-electron chi connectivity index (χ3n) is 13.0. The third kappa shape index (κ3) is 6.85. The van der Waals surface area contributed by atoms with E-state index < -0.39 is 0 Å². The highest BCUT2D eigenvalue weighted by atomic mass is 15.0. The van der Waals surface area contributed by atoms with Crippen molar-refractivity contribution in [2.24, 2.45) is 0 Å². The number of aryl methyl sites for hydroxylation is 1. The molecule has 0 aliphatic heterocycles. The summed E-state index contributed by atoms with van der Waals surface area (Å²) < 4.78 is 5.09. The predicted molar refractivity (Wildman–Crippen MR) is 268 cm³/mol. The number of aromatic nitrogens is 2. The van der Waals surface area contributed by atoms with Crippen molar-refractivity contribution in [1.29, 1.82) is 0 Å². The minimum absolute atomic E-state index is 0.890. The van der Waals surface area contributed by atoms with Gasteiger partial charge in [0.15, 0.2) is 0 Å². The number of fused-ring (bicyclic) bond motifs is 2. The number of hydrogen-bond acceptors (Lipinski definition) is 0. The van der Waals surface area contributed by atoms with Gasteiger partial charge in [0.1, 0.15) is 0 Å². The van der Waals surface area contributed by atoms with E-state index in [1.165, 1.54) is 100.0 Å². The SMILES string of the molecule is C/C=C\c1c(C)n(CC)c2ccc(-n3c(-c4ccccc4)c4c(C5=CC=CCC=C5)c(C5=CCCC=CC5)c(C5=CC=CCC5)c(-c5ccccc5)c4c3-c3ccccc3)cc12. The fourth-order valence-electron chi connectivity index (χ4n) is 10.3. The molecule has 3 aliphatic carbocycles. The lowest BCUT2D eigenvalue weighted by molar-refractivity contribution is 0.768. The second kappa shape index (κ2) is 17.2. The zero-order valence-corrected chi connectivity index (χ0v) is 36.2. The normalized spacial score (nSPS) is 15.3. The Kier molecular flexibility index (Phi) is 10.9. The third-order valence-corrected chi connectivity index (χ3v) is 13.0. The molecular weight excluding hydrogens is 749 g/mol. The summed E-state index contributed by atoms with van der Waals surface area (Å²) in [6.07, 6.45) is 36.4. The molecule has 0 N–H and O–H groups in total. The summed E-state index contributed by atoms with van der Waals surface area (Å²) in [5.74, 6) is 0. The molecule has 2 aromatic heterocycles. The number of benzene rings is 5. The van der Waals surface area contributed by atoms with Gasteiger partial charge in [-0.2, -0.15) is 0 Å². The Balaban J connectivity index is 1.53. The first-order valence-electron chi connectivity index (χ1n) is 22.6. The van der Waals surface area contributed by atoms with Crippen molar-refractivity contribution >= 4 is 44.5 Å². The van der Waals surface area contributed by atoms with Gasteiger partial charge in [-0.05, 0) is 133 Å². The van der Waals surface area contributed by atoms with E-state index in [1.807, 2.05) is 0 Å². The van der Waals surface area contributed by atoms with Gasteiger partial charge in [0.05, 0.1) is 11.4 Å². The van der Waals surface area contributed by atoms with Crippen molar-refractivity contribution in [1.82, 2.24) is 9.13 Å². The van der Waals surface area contributed by atoms with Crippen molar-refractivity contribution in [3.63, 3.8) is 0 Å². The first-order valence-corrected chi connectivity index (χ1v) is 22.6. The standard InChI is InChI=1S/C60H54N2/c1-4-26-50-42(3)61(5-2)52-40-39-49(41-51(50)52)62-59(47-35-22-12-23-36-47)57-55(45-29-16-8-9-17-30-45)53(43-27-14-6-7-15-28-43)54(44-31-18-10-19-32-44)56(46-33-20-11-21-34-46)58(57)60(62)48-37-24-13-25-38-48/h4,6,8,10-14,16-18,20-26,28-31,33-41H,5,7,9,15,19,27,32H2,1-3H3/b26-4-. The van der Waals surface area contributed by atoms with Crippen LogP contribution in [-0.4, -0.2) is 9.13 Å². The molecule has 0 unspecified atom stereocenters. The minimum Gasteiger partial charge on any atom is -0.345 e. The molecule has 0 atom stereocenters. The van der Waals surface area contributed by atoms with Crippen molar-refractivity contribution in [2.75, 3.05) is 0 Å². The number of hydrogen-bond donors (Lipinski definition) is 0. The van der Waals surface area contributed by atoms with E-state index in [9.17, 15) is 0 Å². The lowest BCUT2D eigenvalue weighted by Crippen LogP contribution is -2.05. The zero-order chi connectivity index (χ0) is 42.0. The van der Waals surface area contributed by atoms with Gasteiger partial charge in [0.2, 0.25) is 0 Å². The molecule has 0 saturated carbocycles. The lowest BCUT2D eigenvalue weighted by atomic mass is 9.76. The lowest BCUT2D eigenvalue weighted by Gasteiger charge is -2.27. The molecule has 0 radical (unpaired) electrons. The molecule has 2 heterocycles. The first kappa shape index (κ1) is 39.2. The number of nitrogens with zero attached hydrogens (tertiary/aromatic N) is 2. The van der Waals surface area contributed by atoms with Gasteiger partial charge in [0, 0.05) is 45.2 Å². The van der Waals surface area contributed by atoms with Gasteiger partial charge >= 0.3 is 0 Å². The van der Waals surface area contributed by atoms with Crippen LogP contribution in [0.25, 0.3) is 83.8 Å². The topological polar surface area (TPSA) is 9.86 Å². The Bertz CT molecular complexity index is 3070. The number of allylic oxidation sites excluding steroid dienone is 15. The monoisotopic (exact) mass is 802 g/mol. The van der Waals surface area contributed by atoms with Crippen LogP contribution in [0.2, 0.25) is 0 Å². The Hall–Kier alpha value is -6.90. The summed E-state index contributed by atoms with van der Waals surface area (Å²) in [6, 6.07) is 40.9. The molecule has 304 valence electrons. The zero-order valence-electron chi connectivity index (χ0n) is 36.2. The van der Waals surface area contributed by atoms with Gasteiger partial charge in [0.25, 0.3) is 0 Å². The maximum absolute atomic E-state index is 2.63. The molecule has 0 bridgehead atoms. The fourth-order valence-corrected chi connectivity index (χ4v) is 10.3. The van der Waals surface area contributed by atoms with E-state index in [4.69, 9.17) is 0 Å². The quantitative estimate of drug-likeness (QED) is 0.129. The summed E-state index contributed by atoms with van der Waals surface area (Å²) in [7, 11) is 0. The summed E-state index contributed by atoms with van der Waals surface area (Å²) >= 11 is 0. The van der Waals surface area contributed by atoms with Crippen molar-refractivity contribution < 1.29 is 0 Å². The molecule has 7 aromatic rings. The molecule has 0 spiro atoms. The average Bonchev–Trinajstić information content (AvgIpc) is 3.50. The molecule has 3 aliphatic rings. The van der Waals surface area contributed by atoms with Crippen molar-refractivity contribution in [3.05, 3.63) is 210 Å². The Morgan fingerprint density at radius 2 is 1.29 bits per heavy atom. The average molecular weight is 803 g/mol. The molecular formula is C60H54N2. The van der Waals surface area contributed by atoms with Crippen LogP contribution in [0.1, 0.15) is 80.3 Å². The molecule has 0 amide bonds.